The fourth-order valence-electron chi connectivity index (χ4n) is 5.36. The molecule has 0 bridgehead atoms. The Morgan fingerprint density at radius 1 is 0.932 bits per heavy atom. The minimum atomic E-state index is -0.780. The van der Waals surface area contributed by atoms with Gasteiger partial charge < -0.3 is 29.1 Å². The summed E-state index contributed by atoms with van der Waals surface area (Å²) in [5.41, 5.74) is 3.34. The molecular formula is C36H44N2O6. The number of Topliss-reactive ketones (excluding diaryl/α,β-unsaturated/α-hetero) is 1. The second-order valence-electron chi connectivity index (χ2n) is 11.4. The zero-order chi connectivity index (χ0) is 31.6. The van der Waals surface area contributed by atoms with Gasteiger partial charge in [0, 0.05) is 12.1 Å². The van der Waals surface area contributed by atoms with Crippen molar-refractivity contribution >= 4 is 17.4 Å². The van der Waals surface area contributed by atoms with Gasteiger partial charge >= 0.3 is 0 Å². The first-order valence-electron chi connectivity index (χ1n) is 15.3. The van der Waals surface area contributed by atoms with Gasteiger partial charge in [-0.15, -0.1) is 0 Å². The lowest BCUT2D eigenvalue weighted by Crippen LogP contribution is -2.32. The number of ketones is 1. The Hall–Kier alpha value is -4.30. The Balaban J connectivity index is 1.65. The summed E-state index contributed by atoms with van der Waals surface area (Å²) >= 11 is 0. The van der Waals surface area contributed by atoms with Gasteiger partial charge in [-0.25, -0.2) is 0 Å². The maximum atomic E-state index is 13.5. The Morgan fingerprint density at radius 3 is 2.39 bits per heavy atom. The normalized spacial score (nSPS) is 16.0. The van der Waals surface area contributed by atoms with Crippen molar-refractivity contribution in [1.29, 1.82) is 0 Å². The average Bonchev–Trinajstić information content (AvgIpc) is 3.27. The topological polar surface area (TPSA) is 88.5 Å². The summed E-state index contributed by atoms with van der Waals surface area (Å²) in [4.78, 5) is 30.4. The molecule has 0 saturated carbocycles. The first kappa shape index (κ1) is 32.6. The molecule has 0 spiro atoms. The highest BCUT2D eigenvalue weighted by atomic mass is 16.5. The first-order valence-corrected chi connectivity index (χ1v) is 15.3. The summed E-state index contributed by atoms with van der Waals surface area (Å²) in [6.07, 6.45) is 3.76. The Bertz CT molecular complexity index is 1460. The van der Waals surface area contributed by atoms with Crippen LogP contribution in [-0.4, -0.2) is 67.5 Å². The molecule has 1 aliphatic rings. The molecule has 1 unspecified atom stereocenters. The summed E-state index contributed by atoms with van der Waals surface area (Å²) in [7, 11) is 5.49. The van der Waals surface area contributed by atoms with Gasteiger partial charge in [-0.1, -0.05) is 55.7 Å². The van der Waals surface area contributed by atoms with Gasteiger partial charge in [-0.3, -0.25) is 9.59 Å². The van der Waals surface area contributed by atoms with Gasteiger partial charge in [0.05, 0.1) is 25.3 Å². The quantitative estimate of drug-likeness (QED) is 0.0919. The Labute approximate surface area is 260 Å². The fraction of sp³-hybridized carbons (Fsp3) is 0.389. The lowest BCUT2D eigenvalue weighted by atomic mass is 9.95. The highest BCUT2D eigenvalue weighted by molar-refractivity contribution is 6.46. The van der Waals surface area contributed by atoms with Gasteiger partial charge in [0.1, 0.15) is 18.1 Å². The number of carbonyl (C=O) groups is 2. The molecule has 0 aliphatic carbocycles. The maximum Gasteiger partial charge on any atom is 0.295 e. The van der Waals surface area contributed by atoms with Crippen molar-refractivity contribution in [3.63, 3.8) is 0 Å². The summed E-state index contributed by atoms with van der Waals surface area (Å²) in [5.74, 6) is 0.157. The van der Waals surface area contributed by atoms with Crippen molar-refractivity contribution in [1.82, 2.24) is 9.80 Å². The zero-order valence-electron chi connectivity index (χ0n) is 26.5. The van der Waals surface area contributed by atoms with E-state index < -0.39 is 17.7 Å². The highest BCUT2D eigenvalue weighted by Crippen LogP contribution is 2.42. The number of likely N-dealkylation sites (tertiary alicyclic amines) is 1. The third kappa shape index (κ3) is 7.99. The van der Waals surface area contributed by atoms with Crippen LogP contribution in [0.25, 0.3) is 5.76 Å². The van der Waals surface area contributed by atoms with Crippen molar-refractivity contribution in [2.75, 3.05) is 40.9 Å². The minimum absolute atomic E-state index is 0.0481. The molecular weight excluding hydrogens is 556 g/mol. The van der Waals surface area contributed by atoms with Crippen molar-refractivity contribution in [2.45, 2.75) is 52.2 Å². The van der Waals surface area contributed by atoms with E-state index in [2.05, 4.69) is 13.0 Å². The molecule has 234 valence electrons. The molecule has 8 heteroatoms. The molecule has 0 aromatic heterocycles. The zero-order valence-corrected chi connectivity index (χ0v) is 26.5. The van der Waals surface area contributed by atoms with Crippen molar-refractivity contribution in [3.05, 3.63) is 94.6 Å². The van der Waals surface area contributed by atoms with Crippen LogP contribution in [0.3, 0.4) is 0 Å². The van der Waals surface area contributed by atoms with E-state index in [0.717, 1.165) is 36.9 Å². The van der Waals surface area contributed by atoms with E-state index in [1.165, 1.54) is 0 Å². The summed E-state index contributed by atoms with van der Waals surface area (Å²) in [6, 6.07) is 19.7. The SMILES string of the molecule is CCCCCOc1ccc(C2C(=C(O)c3ccc(OCc4cccc(C)c4)cc3)C(=O)C(=O)N2CCCN(C)C)cc1OC. The van der Waals surface area contributed by atoms with Crippen LogP contribution in [0.15, 0.2) is 72.3 Å². The van der Waals surface area contributed by atoms with E-state index >= 15 is 0 Å². The van der Waals surface area contributed by atoms with Gasteiger partial charge in [0.15, 0.2) is 11.5 Å². The van der Waals surface area contributed by atoms with E-state index in [-0.39, 0.29) is 11.3 Å². The number of amides is 1. The monoisotopic (exact) mass is 600 g/mol. The van der Waals surface area contributed by atoms with E-state index in [1.54, 1.807) is 48.4 Å². The van der Waals surface area contributed by atoms with Crippen LogP contribution in [0.4, 0.5) is 0 Å². The van der Waals surface area contributed by atoms with Crippen molar-refractivity contribution < 1.29 is 28.9 Å². The van der Waals surface area contributed by atoms with E-state index in [9.17, 15) is 14.7 Å². The molecule has 1 heterocycles. The third-order valence-corrected chi connectivity index (χ3v) is 7.67. The summed E-state index contributed by atoms with van der Waals surface area (Å²) < 4.78 is 17.6. The minimum Gasteiger partial charge on any atom is -0.507 e. The number of hydrogen-bond donors (Lipinski definition) is 1. The maximum absolute atomic E-state index is 13.5. The van der Waals surface area contributed by atoms with Gasteiger partial charge in [-0.2, -0.15) is 0 Å². The van der Waals surface area contributed by atoms with Crippen LogP contribution < -0.4 is 14.2 Å². The predicted octanol–water partition coefficient (Wildman–Crippen LogP) is 6.53. The number of rotatable bonds is 15. The molecule has 4 rings (SSSR count). The standard InChI is InChI=1S/C36H44N2O6/c1-6-7-8-21-43-30-18-15-28(23-31(30)42-5)33-32(35(40)36(41)38(33)20-10-19-37(3)4)34(39)27-13-16-29(17-14-27)44-24-26-12-9-11-25(2)22-26/h9,11-18,22-23,33,39H,6-8,10,19-21,24H2,1-5H3. The van der Waals surface area contributed by atoms with Crippen molar-refractivity contribution in [2.24, 2.45) is 0 Å². The van der Waals surface area contributed by atoms with Crippen LogP contribution in [-0.2, 0) is 16.2 Å². The molecule has 1 N–H and O–H groups in total. The number of unbranched alkanes of at least 4 members (excludes halogenated alkanes) is 2. The molecule has 1 amide bonds. The largest absolute Gasteiger partial charge is 0.507 e. The number of aryl methyl sites for hydroxylation is 1. The number of carbonyl (C=O) groups excluding carboxylic acids is 2. The van der Waals surface area contributed by atoms with Gasteiger partial charge in [-0.05, 0) is 87.9 Å². The average molecular weight is 601 g/mol. The smallest absolute Gasteiger partial charge is 0.295 e. The second kappa shape index (κ2) is 15.4. The summed E-state index contributed by atoms with van der Waals surface area (Å²) in [5, 5.41) is 11.5. The number of ether oxygens (including phenoxy) is 3. The lowest BCUT2D eigenvalue weighted by Gasteiger charge is -2.26. The number of aliphatic hydroxyl groups is 1. The Kier molecular flexibility index (Phi) is 11.4. The van der Waals surface area contributed by atoms with Crippen LogP contribution in [0, 0.1) is 6.92 Å². The summed E-state index contributed by atoms with van der Waals surface area (Å²) in [6.45, 7) is 6.25. The van der Waals surface area contributed by atoms with E-state index in [4.69, 9.17) is 14.2 Å². The molecule has 44 heavy (non-hydrogen) atoms. The number of nitrogens with zero attached hydrogens (tertiary/aromatic N) is 2. The van der Waals surface area contributed by atoms with Gasteiger partial charge in [0.25, 0.3) is 11.7 Å². The predicted molar refractivity (Wildman–Crippen MR) is 172 cm³/mol. The molecule has 1 saturated heterocycles. The molecule has 1 aliphatic heterocycles. The molecule has 3 aromatic carbocycles. The van der Waals surface area contributed by atoms with Crippen molar-refractivity contribution in [3.8, 4) is 17.2 Å². The lowest BCUT2D eigenvalue weighted by molar-refractivity contribution is -0.139. The number of hydrogen-bond acceptors (Lipinski definition) is 7. The van der Waals surface area contributed by atoms with E-state index in [0.29, 0.717) is 54.6 Å². The number of aliphatic hydroxyl groups excluding tert-OH is 1. The highest BCUT2D eigenvalue weighted by Gasteiger charge is 2.46. The number of methoxy groups -OCH3 is 1. The Morgan fingerprint density at radius 2 is 1.70 bits per heavy atom. The van der Waals surface area contributed by atoms with Crippen LogP contribution >= 0.6 is 0 Å². The second-order valence-corrected chi connectivity index (χ2v) is 11.4. The molecule has 3 aromatic rings. The van der Waals surface area contributed by atoms with Gasteiger partial charge in [0.2, 0.25) is 0 Å². The first-order chi connectivity index (χ1) is 21.2. The van der Waals surface area contributed by atoms with E-state index in [1.807, 2.05) is 50.2 Å². The molecule has 0 radical (unpaired) electrons. The number of benzene rings is 3. The molecule has 1 fully saturated rings. The molecule has 1 atom stereocenters. The van der Waals surface area contributed by atoms with Crippen LogP contribution in [0.2, 0.25) is 0 Å². The fourth-order valence-corrected chi connectivity index (χ4v) is 5.36. The molecule has 8 nitrogen and oxygen atoms in total. The third-order valence-electron chi connectivity index (χ3n) is 7.67. The van der Waals surface area contributed by atoms with Crippen LogP contribution in [0.5, 0.6) is 17.2 Å². The van der Waals surface area contributed by atoms with Crippen LogP contribution in [0.1, 0.15) is 60.9 Å².